The highest BCUT2D eigenvalue weighted by Gasteiger charge is 2.32. The second-order valence-corrected chi connectivity index (χ2v) is 6.52. The first-order chi connectivity index (χ1) is 10.1. The number of nitrogens with zero attached hydrogens (tertiary/aromatic N) is 5. The quantitative estimate of drug-likeness (QED) is 0.874. The van der Waals surface area contributed by atoms with Crippen LogP contribution in [0.25, 0.3) is 0 Å². The first-order valence-electron chi connectivity index (χ1n) is 6.68. The van der Waals surface area contributed by atoms with Crippen LogP contribution in [0.5, 0.6) is 0 Å². The minimum Gasteiger partial charge on any atom is -0.383 e. The summed E-state index contributed by atoms with van der Waals surface area (Å²) in [4.78, 5) is 4.05. The van der Waals surface area contributed by atoms with Crippen LogP contribution in [-0.2, 0) is 23.1 Å². The molecule has 0 atom stereocenters. The Balaban J connectivity index is 1.95. The molecule has 8 nitrogen and oxygen atoms in total. The smallest absolute Gasteiger partial charge is 0.263 e. The number of sulfonamides is 1. The SMILES string of the molecule is CCNc1cccnc1S(=O)(=O)N1CCn2cnnc2C1. The molecule has 1 N–H and O–H groups in total. The van der Waals surface area contributed by atoms with Crippen LogP contribution in [-0.4, -0.2) is 45.6 Å². The summed E-state index contributed by atoms with van der Waals surface area (Å²) in [7, 11) is -3.66. The Hall–Kier alpha value is -2.00. The molecule has 21 heavy (non-hydrogen) atoms. The fraction of sp³-hybridized carbons (Fsp3) is 0.417. The Morgan fingerprint density at radius 3 is 3.05 bits per heavy atom. The van der Waals surface area contributed by atoms with Crippen molar-refractivity contribution >= 4 is 15.7 Å². The number of aromatic nitrogens is 4. The lowest BCUT2D eigenvalue weighted by atomic mass is 10.4. The summed E-state index contributed by atoms with van der Waals surface area (Å²) in [6.07, 6.45) is 3.10. The number of hydrogen-bond donors (Lipinski definition) is 1. The van der Waals surface area contributed by atoms with Gasteiger partial charge in [-0.3, -0.25) is 0 Å². The highest BCUT2D eigenvalue weighted by molar-refractivity contribution is 7.89. The summed E-state index contributed by atoms with van der Waals surface area (Å²) in [6.45, 7) is 3.68. The fourth-order valence-electron chi connectivity index (χ4n) is 2.29. The highest BCUT2D eigenvalue weighted by Crippen LogP contribution is 2.24. The van der Waals surface area contributed by atoms with Gasteiger partial charge in [0.05, 0.1) is 12.2 Å². The van der Waals surface area contributed by atoms with Gasteiger partial charge in [0, 0.05) is 25.8 Å². The van der Waals surface area contributed by atoms with Crippen LogP contribution in [0.2, 0.25) is 0 Å². The highest BCUT2D eigenvalue weighted by atomic mass is 32.2. The maximum absolute atomic E-state index is 12.8. The van der Waals surface area contributed by atoms with E-state index in [-0.39, 0.29) is 11.6 Å². The van der Waals surface area contributed by atoms with Crippen molar-refractivity contribution in [2.45, 2.75) is 25.0 Å². The molecule has 3 rings (SSSR count). The van der Waals surface area contributed by atoms with Crippen molar-refractivity contribution in [1.29, 1.82) is 0 Å². The number of hydrogen-bond acceptors (Lipinski definition) is 6. The van der Waals surface area contributed by atoms with Gasteiger partial charge in [-0.25, -0.2) is 13.4 Å². The van der Waals surface area contributed by atoms with E-state index in [1.807, 2.05) is 11.5 Å². The molecule has 0 radical (unpaired) electrons. The van der Waals surface area contributed by atoms with Gasteiger partial charge in [-0.1, -0.05) is 0 Å². The van der Waals surface area contributed by atoms with Crippen molar-refractivity contribution in [3.8, 4) is 0 Å². The molecule has 1 aliphatic heterocycles. The largest absolute Gasteiger partial charge is 0.383 e. The minimum absolute atomic E-state index is 0.0554. The van der Waals surface area contributed by atoms with Crippen molar-refractivity contribution in [3.05, 3.63) is 30.5 Å². The predicted octanol–water partition coefficient (Wildman–Crippen LogP) is 0.309. The molecule has 0 saturated carbocycles. The van der Waals surface area contributed by atoms with Crippen LogP contribution in [0.3, 0.4) is 0 Å². The van der Waals surface area contributed by atoms with Gasteiger partial charge in [0.2, 0.25) is 0 Å². The Bertz CT molecular complexity index is 742. The molecule has 0 bridgehead atoms. The number of rotatable bonds is 4. The van der Waals surface area contributed by atoms with Gasteiger partial charge < -0.3 is 9.88 Å². The monoisotopic (exact) mass is 308 g/mol. The number of pyridine rings is 1. The van der Waals surface area contributed by atoms with Gasteiger partial charge in [-0.2, -0.15) is 4.31 Å². The standard InChI is InChI=1S/C12H16N6O2S/c1-2-13-10-4-3-5-14-12(10)21(19,20)18-7-6-17-9-15-16-11(17)8-18/h3-5,9,13H,2,6-8H2,1H3. The molecule has 1 aliphatic rings. The maximum Gasteiger partial charge on any atom is 0.263 e. The van der Waals surface area contributed by atoms with Gasteiger partial charge in [-0.05, 0) is 19.1 Å². The van der Waals surface area contributed by atoms with Crippen molar-refractivity contribution in [1.82, 2.24) is 24.1 Å². The zero-order valence-corrected chi connectivity index (χ0v) is 12.4. The van der Waals surface area contributed by atoms with E-state index < -0.39 is 10.0 Å². The van der Waals surface area contributed by atoms with E-state index in [1.165, 1.54) is 10.5 Å². The Morgan fingerprint density at radius 1 is 1.38 bits per heavy atom. The molecule has 0 amide bonds. The van der Waals surface area contributed by atoms with Crippen LogP contribution in [0, 0.1) is 0 Å². The Labute approximate surface area is 122 Å². The van der Waals surface area contributed by atoms with Gasteiger partial charge in [0.25, 0.3) is 10.0 Å². The first kappa shape index (κ1) is 14.0. The summed E-state index contributed by atoms with van der Waals surface area (Å²) in [5.41, 5.74) is 0.520. The van der Waals surface area contributed by atoms with E-state index in [0.717, 1.165) is 0 Å². The molecule has 0 aromatic carbocycles. The molecule has 3 heterocycles. The van der Waals surface area contributed by atoms with E-state index >= 15 is 0 Å². The molecule has 0 saturated heterocycles. The Kier molecular flexibility index (Phi) is 3.60. The summed E-state index contributed by atoms with van der Waals surface area (Å²) in [6, 6.07) is 3.43. The topological polar surface area (TPSA) is 93.0 Å². The van der Waals surface area contributed by atoms with Crippen molar-refractivity contribution in [2.75, 3.05) is 18.4 Å². The lowest BCUT2D eigenvalue weighted by molar-refractivity contribution is 0.334. The first-order valence-corrected chi connectivity index (χ1v) is 8.12. The lowest BCUT2D eigenvalue weighted by Crippen LogP contribution is -2.38. The molecule has 112 valence electrons. The van der Waals surface area contributed by atoms with Crippen LogP contribution >= 0.6 is 0 Å². The Morgan fingerprint density at radius 2 is 2.24 bits per heavy atom. The van der Waals surface area contributed by atoms with Gasteiger partial charge in [0.1, 0.15) is 12.2 Å². The van der Waals surface area contributed by atoms with Crippen molar-refractivity contribution in [3.63, 3.8) is 0 Å². The van der Waals surface area contributed by atoms with Crippen LogP contribution < -0.4 is 5.32 Å². The lowest BCUT2D eigenvalue weighted by Gasteiger charge is -2.26. The molecule has 9 heteroatoms. The fourth-order valence-corrected chi connectivity index (χ4v) is 3.76. The van der Waals surface area contributed by atoms with E-state index in [4.69, 9.17) is 0 Å². The van der Waals surface area contributed by atoms with Crippen LogP contribution in [0.1, 0.15) is 12.7 Å². The molecule has 0 spiro atoms. The van der Waals surface area contributed by atoms with Crippen molar-refractivity contribution < 1.29 is 8.42 Å². The van der Waals surface area contributed by atoms with Gasteiger partial charge in [-0.15, -0.1) is 10.2 Å². The van der Waals surface area contributed by atoms with E-state index in [0.29, 0.717) is 31.1 Å². The number of nitrogens with one attached hydrogen (secondary N) is 1. The second kappa shape index (κ2) is 5.41. The summed E-state index contributed by atoms with van der Waals surface area (Å²) < 4.78 is 28.8. The maximum atomic E-state index is 12.8. The van der Waals surface area contributed by atoms with E-state index in [2.05, 4.69) is 20.5 Å². The van der Waals surface area contributed by atoms with Crippen molar-refractivity contribution in [2.24, 2.45) is 0 Å². The van der Waals surface area contributed by atoms with Crippen LogP contribution in [0.4, 0.5) is 5.69 Å². The zero-order chi connectivity index (χ0) is 14.9. The van der Waals surface area contributed by atoms with Gasteiger partial charge in [0.15, 0.2) is 5.03 Å². The molecule has 0 fully saturated rings. The van der Waals surface area contributed by atoms with Crippen LogP contribution in [0.15, 0.2) is 29.7 Å². The molecular weight excluding hydrogens is 292 g/mol. The molecule has 0 aliphatic carbocycles. The average Bonchev–Trinajstić information content (AvgIpc) is 2.95. The molecule has 2 aromatic heterocycles. The third-order valence-corrected chi connectivity index (χ3v) is 5.13. The number of anilines is 1. The predicted molar refractivity (Wildman–Crippen MR) is 76.0 cm³/mol. The second-order valence-electron chi connectivity index (χ2n) is 4.67. The zero-order valence-electron chi connectivity index (χ0n) is 11.6. The third-order valence-electron chi connectivity index (χ3n) is 3.33. The third kappa shape index (κ3) is 2.49. The summed E-state index contributed by atoms with van der Waals surface area (Å²) in [5.74, 6) is 0.644. The number of fused-ring (bicyclic) bond motifs is 1. The molecule has 2 aromatic rings. The van der Waals surface area contributed by atoms with E-state index in [1.54, 1.807) is 18.5 Å². The summed E-state index contributed by atoms with van der Waals surface area (Å²) >= 11 is 0. The van der Waals surface area contributed by atoms with Gasteiger partial charge >= 0.3 is 0 Å². The average molecular weight is 308 g/mol. The summed E-state index contributed by atoms with van der Waals surface area (Å²) in [5, 5.41) is 10.8. The molecule has 0 unspecified atom stereocenters. The van der Waals surface area contributed by atoms with E-state index in [9.17, 15) is 8.42 Å². The molecular formula is C12H16N6O2S. The minimum atomic E-state index is -3.66. The normalized spacial score (nSPS) is 15.7.